The molecule has 0 saturated heterocycles. The maximum atomic E-state index is 10.4. The minimum absolute atomic E-state index is 0.329. The molecule has 3 heteroatoms. The number of unbranched alkanes of at least 4 members (excludes halogenated alkanes) is 17. The molecular weight excluding hydrogens is 408 g/mol. The maximum Gasteiger partial charge on any atom is 0.303 e. The van der Waals surface area contributed by atoms with Gasteiger partial charge in [0.2, 0.25) is 0 Å². The number of ether oxygens (including phenoxy) is 1. The first-order chi connectivity index (χ1) is 16.3. The van der Waals surface area contributed by atoms with Gasteiger partial charge in [-0.05, 0) is 51.4 Å². The standard InChI is InChI=1S/C30H56O3/c1-2-3-4-5-6-7-8-9-10-11-12-13-16-19-22-25-28-33-29-26-23-20-17-14-15-18-21-24-27-30(31)32/h6-7,9-10H,2-5,8,11-29H2,1H3,(H,31,32)/b7-6-,10-9-. The minimum Gasteiger partial charge on any atom is -0.481 e. The number of aliphatic carboxylic acids is 1. The third-order valence-corrected chi connectivity index (χ3v) is 6.17. The maximum absolute atomic E-state index is 10.4. The lowest BCUT2D eigenvalue weighted by molar-refractivity contribution is -0.137. The molecule has 0 aliphatic carbocycles. The van der Waals surface area contributed by atoms with Crippen molar-refractivity contribution >= 4 is 5.97 Å². The van der Waals surface area contributed by atoms with Crippen LogP contribution in [0.2, 0.25) is 0 Å². The second-order valence-electron chi connectivity index (χ2n) is 9.52. The molecular formula is C30H56O3. The molecule has 0 bridgehead atoms. The quantitative estimate of drug-likeness (QED) is 0.0971. The summed E-state index contributed by atoms with van der Waals surface area (Å²) in [6.45, 7) is 4.12. The highest BCUT2D eigenvalue weighted by Gasteiger charge is 1.97. The predicted octanol–water partition coefficient (Wildman–Crippen LogP) is 9.80. The summed E-state index contributed by atoms with van der Waals surface area (Å²) in [6, 6.07) is 0. The SMILES string of the molecule is CCCCC/C=C\C/C=C\CCCCCCCCOCCCCCCCCCCCC(=O)O. The second-order valence-corrected chi connectivity index (χ2v) is 9.52. The minimum atomic E-state index is -0.664. The van der Waals surface area contributed by atoms with Crippen LogP contribution in [0.4, 0.5) is 0 Å². The van der Waals surface area contributed by atoms with E-state index in [1.54, 1.807) is 0 Å². The lowest BCUT2D eigenvalue weighted by Crippen LogP contribution is -1.97. The Morgan fingerprint density at radius 1 is 0.576 bits per heavy atom. The summed E-state index contributed by atoms with van der Waals surface area (Å²) < 4.78 is 5.78. The summed E-state index contributed by atoms with van der Waals surface area (Å²) in [4.78, 5) is 10.4. The summed E-state index contributed by atoms with van der Waals surface area (Å²) in [6.07, 6.45) is 35.9. The summed E-state index contributed by atoms with van der Waals surface area (Å²) in [5, 5.41) is 8.60. The average molecular weight is 465 g/mol. The van der Waals surface area contributed by atoms with Crippen LogP contribution in [0.3, 0.4) is 0 Å². The van der Waals surface area contributed by atoms with Crippen LogP contribution in [0.5, 0.6) is 0 Å². The lowest BCUT2D eigenvalue weighted by Gasteiger charge is -2.05. The predicted molar refractivity (Wildman–Crippen MR) is 144 cm³/mol. The van der Waals surface area contributed by atoms with Gasteiger partial charge in [0, 0.05) is 19.6 Å². The Labute approximate surface area is 206 Å². The molecule has 0 aliphatic heterocycles. The smallest absolute Gasteiger partial charge is 0.303 e. The number of carbonyl (C=O) groups is 1. The summed E-state index contributed by atoms with van der Waals surface area (Å²) in [5.41, 5.74) is 0. The highest BCUT2D eigenvalue weighted by molar-refractivity contribution is 5.66. The first-order valence-electron chi connectivity index (χ1n) is 14.4. The van der Waals surface area contributed by atoms with Gasteiger partial charge in [-0.25, -0.2) is 0 Å². The third-order valence-electron chi connectivity index (χ3n) is 6.17. The fourth-order valence-corrected chi connectivity index (χ4v) is 4.01. The van der Waals surface area contributed by atoms with Crippen LogP contribution in [0.25, 0.3) is 0 Å². The normalized spacial score (nSPS) is 11.8. The number of hydrogen-bond donors (Lipinski definition) is 1. The van der Waals surface area contributed by atoms with Crippen molar-refractivity contribution in [3.8, 4) is 0 Å². The fourth-order valence-electron chi connectivity index (χ4n) is 4.01. The Balaban J connectivity index is 3.10. The average Bonchev–Trinajstić information content (AvgIpc) is 2.80. The van der Waals surface area contributed by atoms with Crippen molar-refractivity contribution in [3.05, 3.63) is 24.3 Å². The number of carboxylic acids is 1. The molecule has 0 aliphatic rings. The van der Waals surface area contributed by atoms with Crippen LogP contribution in [-0.4, -0.2) is 24.3 Å². The third kappa shape index (κ3) is 30.9. The number of hydrogen-bond acceptors (Lipinski definition) is 2. The van der Waals surface area contributed by atoms with Crippen molar-refractivity contribution in [2.24, 2.45) is 0 Å². The number of rotatable bonds is 27. The van der Waals surface area contributed by atoms with Gasteiger partial charge in [0.1, 0.15) is 0 Å². The van der Waals surface area contributed by atoms with Crippen LogP contribution in [0.15, 0.2) is 24.3 Å². The Hall–Kier alpha value is -1.09. The van der Waals surface area contributed by atoms with Gasteiger partial charge in [0.25, 0.3) is 0 Å². The Kier molecular flexibility index (Phi) is 28.0. The first kappa shape index (κ1) is 31.9. The van der Waals surface area contributed by atoms with Crippen LogP contribution in [-0.2, 0) is 9.53 Å². The van der Waals surface area contributed by atoms with E-state index in [4.69, 9.17) is 9.84 Å². The van der Waals surface area contributed by atoms with Crippen molar-refractivity contribution in [3.63, 3.8) is 0 Å². The van der Waals surface area contributed by atoms with Crippen LogP contribution >= 0.6 is 0 Å². The van der Waals surface area contributed by atoms with Crippen LogP contribution in [0.1, 0.15) is 148 Å². The van der Waals surface area contributed by atoms with Crippen molar-refractivity contribution in [2.45, 2.75) is 148 Å². The Morgan fingerprint density at radius 2 is 1.00 bits per heavy atom. The largest absolute Gasteiger partial charge is 0.481 e. The molecule has 0 radical (unpaired) electrons. The monoisotopic (exact) mass is 464 g/mol. The molecule has 33 heavy (non-hydrogen) atoms. The highest BCUT2D eigenvalue weighted by atomic mass is 16.5. The Morgan fingerprint density at radius 3 is 1.48 bits per heavy atom. The molecule has 0 spiro atoms. The van der Waals surface area contributed by atoms with Crippen LogP contribution in [0, 0.1) is 0 Å². The van der Waals surface area contributed by atoms with E-state index in [2.05, 4.69) is 31.2 Å². The van der Waals surface area contributed by atoms with E-state index >= 15 is 0 Å². The van der Waals surface area contributed by atoms with Crippen molar-refractivity contribution in [2.75, 3.05) is 13.2 Å². The van der Waals surface area contributed by atoms with Gasteiger partial charge in [0.05, 0.1) is 0 Å². The van der Waals surface area contributed by atoms with Gasteiger partial charge in [0.15, 0.2) is 0 Å². The van der Waals surface area contributed by atoms with Gasteiger partial charge in [-0.3, -0.25) is 4.79 Å². The number of allylic oxidation sites excluding steroid dienone is 4. The molecule has 0 unspecified atom stereocenters. The molecule has 3 nitrogen and oxygen atoms in total. The molecule has 0 aromatic carbocycles. The van der Waals surface area contributed by atoms with E-state index in [1.807, 2.05) is 0 Å². The van der Waals surface area contributed by atoms with E-state index in [0.717, 1.165) is 32.5 Å². The zero-order chi connectivity index (χ0) is 24.1. The summed E-state index contributed by atoms with van der Waals surface area (Å²) in [7, 11) is 0. The topological polar surface area (TPSA) is 46.5 Å². The lowest BCUT2D eigenvalue weighted by atomic mass is 10.1. The summed E-state index contributed by atoms with van der Waals surface area (Å²) >= 11 is 0. The van der Waals surface area contributed by atoms with Gasteiger partial charge >= 0.3 is 5.97 Å². The molecule has 1 N–H and O–H groups in total. The van der Waals surface area contributed by atoms with Crippen molar-refractivity contribution < 1.29 is 14.6 Å². The van der Waals surface area contributed by atoms with Gasteiger partial charge in [-0.15, -0.1) is 0 Å². The van der Waals surface area contributed by atoms with E-state index in [9.17, 15) is 4.79 Å². The molecule has 0 amide bonds. The fraction of sp³-hybridized carbons (Fsp3) is 0.833. The van der Waals surface area contributed by atoms with E-state index in [0.29, 0.717) is 6.42 Å². The van der Waals surface area contributed by atoms with E-state index in [1.165, 1.54) is 116 Å². The first-order valence-corrected chi connectivity index (χ1v) is 14.4. The molecule has 0 atom stereocenters. The highest BCUT2D eigenvalue weighted by Crippen LogP contribution is 2.11. The summed E-state index contributed by atoms with van der Waals surface area (Å²) in [5.74, 6) is -0.664. The van der Waals surface area contributed by atoms with Gasteiger partial charge < -0.3 is 9.84 Å². The zero-order valence-corrected chi connectivity index (χ0v) is 22.0. The molecule has 0 rings (SSSR count). The molecule has 0 saturated carbocycles. The van der Waals surface area contributed by atoms with Crippen molar-refractivity contribution in [1.82, 2.24) is 0 Å². The molecule has 0 heterocycles. The Bertz CT molecular complexity index is 442. The van der Waals surface area contributed by atoms with E-state index in [-0.39, 0.29) is 0 Å². The van der Waals surface area contributed by atoms with Crippen molar-refractivity contribution in [1.29, 1.82) is 0 Å². The van der Waals surface area contributed by atoms with Crippen LogP contribution < -0.4 is 0 Å². The number of carboxylic acid groups (broad SMARTS) is 1. The molecule has 0 aromatic rings. The molecule has 0 fully saturated rings. The van der Waals surface area contributed by atoms with Gasteiger partial charge in [-0.2, -0.15) is 0 Å². The van der Waals surface area contributed by atoms with E-state index < -0.39 is 5.97 Å². The van der Waals surface area contributed by atoms with Gasteiger partial charge in [-0.1, -0.05) is 115 Å². The molecule has 194 valence electrons. The zero-order valence-electron chi connectivity index (χ0n) is 22.0. The molecule has 0 aromatic heterocycles. The second kappa shape index (κ2) is 28.9.